The van der Waals surface area contributed by atoms with Crippen LogP contribution in [0.3, 0.4) is 0 Å². The Kier molecular flexibility index (Phi) is 6.12. The fourth-order valence-corrected chi connectivity index (χ4v) is 5.26. The molecular formula is C16H18Cl2N4O4S. The van der Waals surface area contributed by atoms with E-state index in [0.717, 1.165) is 0 Å². The molecule has 3 heterocycles. The van der Waals surface area contributed by atoms with Crippen LogP contribution in [-0.2, 0) is 24.6 Å². The van der Waals surface area contributed by atoms with Crippen molar-refractivity contribution >= 4 is 58.1 Å². The Bertz CT molecular complexity index is 877. The van der Waals surface area contributed by atoms with Gasteiger partial charge in [0.25, 0.3) is 0 Å². The van der Waals surface area contributed by atoms with Gasteiger partial charge in [-0.3, -0.25) is 9.36 Å². The fourth-order valence-electron chi connectivity index (χ4n) is 3.24. The second-order valence-electron chi connectivity index (χ2n) is 5.94. The molecule has 1 saturated heterocycles. The van der Waals surface area contributed by atoms with Gasteiger partial charge in [-0.25, -0.2) is 14.8 Å². The van der Waals surface area contributed by atoms with Crippen molar-refractivity contribution in [2.45, 2.75) is 25.8 Å². The van der Waals surface area contributed by atoms with Crippen LogP contribution in [0.15, 0.2) is 6.33 Å². The molecule has 8 nitrogen and oxygen atoms in total. The summed E-state index contributed by atoms with van der Waals surface area (Å²) in [5.74, 6) is -0.182. The lowest BCUT2D eigenvalue weighted by atomic mass is 9.84. The van der Waals surface area contributed by atoms with E-state index in [2.05, 4.69) is 15.0 Å². The number of hydrogen-bond donors (Lipinski definition) is 0. The molecule has 27 heavy (non-hydrogen) atoms. The first kappa shape index (κ1) is 20.2. The number of esters is 2. The Morgan fingerprint density at radius 2 is 2.04 bits per heavy atom. The van der Waals surface area contributed by atoms with Crippen molar-refractivity contribution in [2.24, 2.45) is 5.92 Å². The van der Waals surface area contributed by atoms with Gasteiger partial charge in [-0.2, -0.15) is 16.7 Å². The van der Waals surface area contributed by atoms with Crippen LogP contribution in [0.4, 0.5) is 0 Å². The van der Waals surface area contributed by atoms with E-state index >= 15 is 0 Å². The lowest BCUT2D eigenvalue weighted by Gasteiger charge is -2.33. The van der Waals surface area contributed by atoms with Gasteiger partial charge in [0.05, 0.1) is 26.0 Å². The van der Waals surface area contributed by atoms with E-state index in [4.69, 9.17) is 32.7 Å². The summed E-state index contributed by atoms with van der Waals surface area (Å²) in [7, 11) is 0. The highest BCUT2D eigenvalue weighted by molar-refractivity contribution is 7.99. The Balaban J connectivity index is 2.14. The van der Waals surface area contributed by atoms with Crippen LogP contribution in [0, 0.1) is 5.92 Å². The molecule has 0 amide bonds. The van der Waals surface area contributed by atoms with E-state index in [1.165, 1.54) is 6.33 Å². The van der Waals surface area contributed by atoms with Crippen molar-refractivity contribution in [3.05, 3.63) is 16.8 Å². The average Bonchev–Trinajstić information content (AvgIpc) is 3.20. The number of carbonyl (C=O) groups is 2. The van der Waals surface area contributed by atoms with Crippen molar-refractivity contribution in [2.75, 3.05) is 24.7 Å². The van der Waals surface area contributed by atoms with Gasteiger partial charge in [0.15, 0.2) is 16.3 Å². The molecule has 11 heteroatoms. The molecule has 3 rings (SSSR count). The third kappa shape index (κ3) is 3.60. The quantitative estimate of drug-likeness (QED) is 0.390. The van der Waals surface area contributed by atoms with Gasteiger partial charge in [0, 0.05) is 11.7 Å². The minimum Gasteiger partial charge on any atom is -0.466 e. The summed E-state index contributed by atoms with van der Waals surface area (Å²) in [4.78, 5) is 37.6. The molecule has 0 aromatic carbocycles. The highest BCUT2D eigenvalue weighted by atomic mass is 35.5. The molecule has 0 bridgehead atoms. The minimum atomic E-state index is -1.16. The van der Waals surface area contributed by atoms with Crippen molar-refractivity contribution in [1.82, 2.24) is 19.5 Å². The molecule has 2 aromatic rings. The molecule has 0 radical (unpaired) electrons. The third-order valence-electron chi connectivity index (χ3n) is 4.42. The number of hydrogen-bond acceptors (Lipinski definition) is 8. The number of fused-ring (bicyclic) bond motifs is 1. The van der Waals surface area contributed by atoms with Crippen molar-refractivity contribution in [3.8, 4) is 0 Å². The van der Waals surface area contributed by atoms with Gasteiger partial charge < -0.3 is 9.47 Å². The van der Waals surface area contributed by atoms with Crippen LogP contribution in [0.2, 0.25) is 10.4 Å². The van der Waals surface area contributed by atoms with Crippen LogP contribution < -0.4 is 0 Å². The lowest BCUT2D eigenvalue weighted by molar-refractivity contribution is -0.156. The van der Waals surface area contributed by atoms with Crippen LogP contribution in [0.1, 0.15) is 20.3 Å². The number of ether oxygens (including phenoxy) is 2. The number of rotatable bonds is 6. The zero-order chi connectivity index (χ0) is 19.6. The Labute approximate surface area is 169 Å². The van der Waals surface area contributed by atoms with Gasteiger partial charge in [-0.1, -0.05) is 11.6 Å². The summed E-state index contributed by atoms with van der Waals surface area (Å²) in [5.41, 5.74) is -0.510. The van der Waals surface area contributed by atoms with Crippen LogP contribution in [-0.4, -0.2) is 56.2 Å². The second kappa shape index (κ2) is 8.20. The Hall–Kier alpha value is -1.58. The molecule has 2 atom stereocenters. The first-order valence-corrected chi connectivity index (χ1v) is 10.3. The maximum absolute atomic E-state index is 13.1. The molecule has 0 N–H and O–H groups in total. The smallest absolute Gasteiger partial charge is 0.333 e. The molecule has 2 aromatic heterocycles. The Morgan fingerprint density at radius 3 is 2.74 bits per heavy atom. The molecule has 0 saturated carbocycles. The molecular weight excluding hydrogens is 415 g/mol. The fraction of sp³-hybridized carbons (Fsp3) is 0.562. The summed E-state index contributed by atoms with van der Waals surface area (Å²) in [6.45, 7) is 3.96. The molecule has 0 spiro atoms. The highest BCUT2D eigenvalue weighted by Gasteiger charge is 2.54. The summed E-state index contributed by atoms with van der Waals surface area (Å²) in [5, 5.41) is 0.0382. The number of nitrogens with zero attached hydrogens (tertiary/aromatic N) is 4. The van der Waals surface area contributed by atoms with Crippen LogP contribution in [0.25, 0.3) is 11.2 Å². The number of halogens is 2. The molecule has 1 unspecified atom stereocenters. The van der Waals surface area contributed by atoms with E-state index in [9.17, 15) is 9.59 Å². The number of thioether (sulfide) groups is 1. The highest BCUT2D eigenvalue weighted by Crippen LogP contribution is 2.44. The van der Waals surface area contributed by atoms with E-state index in [1.54, 1.807) is 30.2 Å². The maximum atomic E-state index is 13.1. The van der Waals surface area contributed by atoms with Crippen molar-refractivity contribution in [1.29, 1.82) is 0 Å². The van der Waals surface area contributed by atoms with Crippen LogP contribution >= 0.6 is 35.0 Å². The predicted molar refractivity (Wildman–Crippen MR) is 102 cm³/mol. The zero-order valence-corrected chi connectivity index (χ0v) is 17.1. The van der Waals surface area contributed by atoms with Gasteiger partial charge in [0.1, 0.15) is 5.52 Å². The SMILES string of the molecule is CCOC(=O)C[C@@H]1CSCC1(C(=O)OCC)n1cnc2c(Cl)nc(Cl)nc21. The minimum absolute atomic E-state index is 0.0548. The van der Waals surface area contributed by atoms with Gasteiger partial charge in [-0.15, -0.1) is 0 Å². The van der Waals surface area contributed by atoms with Gasteiger partial charge >= 0.3 is 11.9 Å². The summed E-state index contributed by atoms with van der Waals surface area (Å²) in [6, 6.07) is 0. The summed E-state index contributed by atoms with van der Waals surface area (Å²) < 4.78 is 12.1. The number of imidazole rings is 1. The average molecular weight is 433 g/mol. The standard InChI is InChI=1S/C16H18Cl2N4O4S/c1-3-25-10(23)5-9-6-27-7-16(9,14(24)26-4-2)22-8-19-11-12(17)20-15(18)21-13(11)22/h8-9H,3-7H2,1-2H3/t9-,16?/m1/s1. The number of carbonyl (C=O) groups excluding carboxylic acids is 2. The molecule has 1 aliphatic rings. The largest absolute Gasteiger partial charge is 0.466 e. The van der Waals surface area contributed by atoms with Crippen molar-refractivity contribution < 1.29 is 19.1 Å². The van der Waals surface area contributed by atoms with E-state index in [1.807, 2.05) is 0 Å². The molecule has 0 aliphatic carbocycles. The van der Waals surface area contributed by atoms with Gasteiger partial charge in [-0.05, 0) is 31.2 Å². The Morgan fingerprint density at radius 1 is 1.30 bits per heavy atom. The summed E-state index contributed by atoms with van der Waals surface area (Å²) >= 11 is 13.6. The van der Waals surface area contributed by atoms with Gasteiger partial charge in [0.2, 0.25) is 5.28 Å². The zero-order valence-electron chi connectivity index (χ0n) is 14.8. The second-order valence-corrected chi connectivity index (χ2v) is 7.66. The predicted octanol–water partition coefficient (Wildman–Crippen LogP) is 2.71. The first-order valence-electron chi connectivity index (χ1n) is 8.41. The third-order valence-corrected chi connectivity index (χ3v) is 6.13. The normalized spacial score (nSPS) is 22.1. The maximum Gasteiger partial charge on any atom is 0.333 e. The molecule has 1 fully saturated rings. The van der Waals surface area contributed by atoms with E-state index < -0.39 is 11.5 Å². The number of aromatic nitrogens is 4. The lowest BCUT2D eigenvalue weighted by Crippen LogP contribution is -2.49. The van der Waals surface area contributed by atoms with E-state index in [0.29, 0.717) is 22.7 Å². The van der Waals surface area contributed by atoms with E-state index in [-0.39, 0.29) is 42.0 Å². The monoisotopic (exact) mass is 432 g/mol. The van der Waals surface area contributed by atoms with Crippen LogP contribution in [0.5, 0.6) is 0 Å². The first-order chi connectivity index (χ1) is 12.9. The topological polar surface area (TPSA) is 96.2 Å². The molecule has 146 valence electrons. The van der Waals surface area contributed by atoms with Crippen molar-refractivity contribution in [3.63, 3.8) is 0 Å². The summed E-state index contributed by atoms with van der Waals surface area (Å²) in [6.07, 6.45) is 1.55. The molecule has 1 aliphatic heterocycles.